The predicted molar refractivity (Wildman–Crippen MR) is 67.9 cm³/mol. The number of hydrogen-bond donors (Lipinski definition) is 1. The molecule has 0 amide bonds. The maximum atomic E-state index is 11.6. The first-order valence-corrected chi connectivity index (χ1v) is 5.56. The number of hydrogen-bond acceptors (Lipinski definition) is 7. The molecule has 110 valence electrons. The first-order chi connectivity index (χ1) is 9.33. The van der Waals surface area contributed by atoms with E-state index in [0.717, 1.165) is 12.2 Å². The third-order valence-corrected chi connectivity index (χ3v) is 2.01. The molecule has 0 fully saturated rings. The molecule has 0 aromatic rings. The normalized spacial score (nSPS) is 10.1. The van der Waals surface area contributed by atoms with E-state index < -0.39 is 30.5 Å². The summed E-state index contributed by atoms with van der Waals surface area (Å²) in [5.41, 5.74) is -0.299. The summed E-state index contributed by atoms with van der Waals surface area (Å²) < 4.78 is 14.3. The van der Waals surface area contributed by atoms with E-state index >= 15 is 0 Å². The van der Waals surface area contributed by atoms with Gasteiger partial charge in [-0.15, -0.1) is 0 Å². The van der Waals surface area contributed by atoms with Crippen molar-refractivity contribution < 1.29 is 33.7 Å². The molecule has 0 unspecified atom stereocenters. The van der Waals surface area contributed by atoms with E-state index in [1.165, 1.54) is 6.92 Å². The highest BCUT2D eigenvalue weighted by atomic mass is 16.9. The van der Waals surface area contributed by atoms with Crippen molar-refractivity contribution in [2.45, 2.75) is 19.3 Å². The summed E-state index contributed by atoms with van der Waals surface area (Å²) in [6.07, 6.45) is 1.43. The van der Waals surface area contributed by atoms with Crippen LogP contribution < -0.4 is 0 Å². The molecule has 1 N–H and O–H groups in total. The maximum Gasteiger partial charge on any atom is 0.423 e. The van der Waals surface area contributed by atoms with Crippen molar-refractivity contribution in [2.75, 3.05) is 6.61 Å². The molecule has 0 radical (unpaired) electrons. The van der Waals surface area contributed by atoms with Crippen LogP contribution in [0.3, 0.4) is 0 Å². The fraction of sp³-hybridized carbons (Fsp3) is 0.308. The van der Waals surface area contributed by atoms with E-state index in [0.29, 0.717) is 0 Å². The molecule has 0 aromatic heterocycles. The average molecular weight is 284 g/mol. The van der Waals surface area contributed by atoms with Crippen LogP contribution in [0.1, 0.15) is 13.3 Å². The minimum absolute atomic E-state index is 0.184. The fourth-order valence-electron chi connectivity index (χ4n) is 0.947. The Bertz CT molecular complexity index is 414. The zero-order valence-corrected chi connectivity index (χ0v) is 11.1. The van der Waals surface area contributed by atoms with Crippen molar-refractivity contribution in [3.63, 3.8) is 0 Å². The summed E-state index contributed by atoms with van der Waals surface area (Å²) in [5, 5.41) is 8.78. The monoisotopic (exact) mass is 284 g/mol. The molecule has 0 aliphatic carbocycles. The van der Waals surface area contributed by atoms with Crippen molar-refractivity contribution in [1.29, 1.82) is 0 Å². The highest BCUT2D eigenvalue weighted by molar-refractivity contribution is 5.89. The lowest BCUT2D eigenvalue weighted by Gasteiger charge is -2.29. The summed E-state index contributed by atoms with van der Waals surface area (Å²) in [5.74, 6) is -5.29. The summed E-state index contributed by atoms with van der Waals surface area (Å²) in [6.45, 7) is 10.4. The minimum Gasteiger partial charge on any atom is -0.391 e. The number of aliphatic hydroxyl groups excluding tert-OH is 1. The standard InChI is InChI=1S/C13H16O7/c1-5-10(15)18-13(7-3,19-11(16)6-2)20-12(17)9(4)8-14/h5-6,14H,1-2,4,7-8H2,3H3. The van der Waals surface area contributed by atoms with Crippen LogP contribution in [-0.4, -0.2) is 35.6 Å². The molecule has 0 saturated heterocycles. The lowest BCUT2D eigenvalue weighted by Crippen LogP contribution is -2.43. The van der Waals surface area contributed by atoms with Crippen LogP contribution >= 0.6 is 0 Å². The van der Waals surface area contributed by atoms with Crippen LogP contribution in [0.25, 0.3) is 0 Å². The van der Waals surface area contributed by atoms with E-state index in [2.05, 4.69) is 19.7 Å². The lowest BCUT2D eigenvalue weighted by molar-refractivity contribution is -0.325. The Labute approximate surface area is 116 Å². The highest BCUT2D eigenvalue weighted by Gasteiger charge is 2.41. The van der Waals surface area contributed by atoms with Gasteiger partial charge in [-0.25, -0.2) is 14.4 Å². The summed E-state index contributed by atoms with van der Waals surface area (Å²) in [6, 6.07) is 0. The zero-order chi connectivity index (χ0) is 15.8. The minimum atomic E-state index is -2.27. The Morgan fingerprint density at radius 3 is 1.85 bits per heavy atom. The third-order valence-electron chi connectivity index (χ3n) is 2.01. The van der Waals surface area contributed by atoms with Crippen LogP contribution in [0.2, 0.25) is 0 Å². The number of ether oxygens (including phenoxy) is 3. The molecule has 0 saturated carbocycles. The Balaban J connectivity index is 5.28. The molecular weight excluding hydrogens is 268 g/mol. The summed E-state index contributed by atoms with van der Waals surface area (Å²) in [4.78, 5) is 34.1. The Kier molecular flexibility index (Phi) is 6.95. The predicted octanol–water partition coefficient (Wildman–Crippen LogP) is 0.600. The van der Waals surface area contributed by atoms with Crippen LogP contribution in [0.5, 0.6) is 0 Å². The second-order valence-corrected chi connectivity index (χ2v) is 3.44. The van der Waals surface area contributed by atoms with E-state index in [9.17, 15) is 14.4 Å². The van der Waals surface area contributed by atoms with Gasteiger partial charge in [0.15, 0.2) is 0 Å². The van der Waals surface area contributed by atoms with E-state index in [1.54, 1.807) is 0 Å². The smallest absolute Gasteiger partial charge is 0.391 e. The van der Waals surface area contributed by atoms with Gasteiger partial charge in [0.2, 0.25) is 0 Å². The molecule has 7 heteroatoms. The van der Waals surface area contributed by atoms with Crippen molar-refractivity contribution in [3.05, 3.63) is 37.5 Å². The second-order valence-electron chi connectivity index (χ2n) is 3.44. The zero-order valence-electron chi connectivity index (χ0n) is 11.1. The molecule has 0 rings (SSSR count). The molecule has 0 heterocycles. The number of rotatable bonds is 8. The molecule has 0 aliphatic rings. The van der Waals surface area contributed by atoms with Gasteiger partial charge in [0.1, 0.15) is 0 Å². The van der Waals surface area contributed by atoms with E-state index in [1.807, 2.05) is 0 Å². The average Bonchev–Trinajstić information content (AvgIpc) is 2.45. The quantitative estimate of drug-likeness (QED) is 0.396. The van der Waals surface area contributed by atoms with Gasteiger partial charge in [0.25, 0.3) is 0 Å². The highest BCUT2D eigenvalue weighted by Crippen LogP contribution is 2.22. The molecular formula is C13H16O7. The second kappa shape index (κ2) is 7.90. The van der Waals surface area contributed by atoms with Crippen LogP contribution in [0.15, 0.2) is 37.5 Å². The van der Waals surface area contributed by atoms with Crippen LogP contribution in [0, 0.1) is 0 Å². The largest absolute Gasteiger partial charge is 0.423 e. The molecule has 0 aromatic carbocycles. The van der Waals surface area contributed by atoms with Crippen molar-refractivity contribution >= 4 is 17.9 Å². The Morgan fingerprint density at radius 2 is 1.55 bits per heavy atom. The van der Waals surface area contributed by atoms with Crippen molar-refractivity contribution in [2.24, 2.45) is 0 Å². The fourth-order valence-corrected chi connectivity index (χ4v) is 0.947. The van der Waals surface area contributed by atoms with E-state index in [-0.39, 0.29) is 12.0 Å². The molecule has 0 aliphatic heterocycles. The first-order valence-electron chi connectivity index (χ1n) is 5.56. The topological polar surface area (TPSA) is 99.1 Å². The van der Waals surface area contributed by atoms with Gasteiger partial charge in [-0.3, -0.25) is 0 Å². The van der Waals surface area contributed by atoms with Gasteiger partial charge < -0.3 is 19.3 Å². The Morgan fingerprint density at radius 1 is 1.10 bits per heavy atom. The summed E-state index contributed by atoms with van der Waals surface area (Å²) in [7, 11) is 0. The lowest BCUT2D eigenvalue weighted by atomic mass is 10.3. The van der Waals surface area contributed by atoms with Crippen molar-refractivity contribution in [3.8, 4) is 0 Å². The van der Waals surface area contributed by atoms with E-state index in [4.69, 9.17) is 19.3 Å². The Hall–Kier alpha value is -2.41. The molecule has 20 heavy (non-hydrogen) atoms. The van der Waals surface area contributed by atoms with Crippen LogP contribution in [-0.2, 0) is 28.6 Å². The number of esters is 3. The summed E-state index contributed by atoms with van der Waals surface area (Å²) >= 11 is 0. The number of carbonyl (C=O) groups is 3. The first kappa shape index (κ1) is 17.6. The molecule has 0 atom stereocenters. The molecule has 0 bridgehead atoms. The van der Waals surface area contributed by atoms with Gasteiger partial charge in [-0.05, 0) is 0 Å². The molecule has 0 spiro atoms. The van der Waals surface area contributed by atoms with Gasteiger partial charge >= 0.3 is 23.9 Å². The molecule has 7 nitrogen and oxygen atoms in total. The third kappa shape index (κ3) is 5.07. The van der Waals surface area contributed by atoms with Gasteiger partial charge in [0, 0.05) is 12.2 Å². The van der Waals surface area contributed by atoms with Gasteiger partial charge in [-0.1, -0.05) is 26.7 Å². The van der Waals surface area contributed by atoms with Gasteiger partial charge in [-0.2, -0.15) is 0 Å². The maximum absolute atomic E-state index is 11.6. The van der Waals surface area contributed by atoms with Crippen molar-refractivity contribution in [1.82, 2.24) is 0 Å². The SMILES string of the molecule is C=CC(=O)OC(CC)(OC(=O)C=C)OC(=O)C(=C)CO. The van der Waals surface area contributed by atoms with Crippen LogP contribution in [0.4, 0.5) is 0 Å². The number of aliphatic hydroxyl groups is 1. The number of carbonyl (C=O) groups excluding carboxylic acids is 3. The van der Waals surface area contributed by atoms with Gasteiger partial charge in [0.05, 0.1) is 18.6 Å².